The fourth-order valence-corrected chi connectivity index (χ4v) is 2.27. The summed E-state index contributed by atoms with van der Waals surface area (Å²) in [6.45, 7) is 0. The highest BCUT2D eigenvalue weighted by molar-refractivity contribution is 6.26. The number of carboxylic acids is 1. The van der Waals surface area contributed by atoms with E-state index in [1.54, 1.807) is 0 Å². The van der Waals surface area contributed by atoms with Gasteiger partial charge in [-0.15, -0.1) is 0 Å². The Morgan fingerprint density at radius 2 is 1.47 bits per heavy atom. The minimum atomic E-state index is -1.19. The molecule has 6 nitrogen and oxygen atoms in total. The zero-order chi connectivity index (χ0) is 13.0. The lowest BCUT2D eigenvalue weighted by molar-refractivity contribution is -0.151. The average Bonchev–Trinajstić information content (AvgIpc) is 2.35. The van der Waals surface area contributed by atoms with Crippen molar-refractivity contribution in [2.45, 2.75) is 12.8 Å². The minimum Gasteiger partial charge on any atom is -0.481 e. The molecule has 4 unspecified atom stereocenters. The molecule has 17 heavy (non-hydrogen) atoms. The number of hydrogen-bond acceptors (Lipinski definition) is 5. The molecule has 0 radical (unpaired) electrons. The second kappa shape index (κ2) is 5.47. The molecule has 0 spiro atoms. The molecule has 0 aromatic carbocycles. The fourth-order valence-electron chi connectivity index (χ4n) is 2.27. The van der Waals surface area contributed by atoms with Crippen LogP contribution >= 0.6 is 0 Å². The molecule has 0 heterocycles. The third-order valence-electron chi connectivity index (χ3n) is 3.23. The number of hydrogen-bond donors (Lipinski definition) is 1. The number of aldehydes is 3. The number of rotatable bonds is 5. The van der Waals surface area contributed by atoms with E-state index in [1.165, 1.54) is 0 Å². The number of ketones is 1. The maximum absolute atomic E-state index is 11.3. The highest BCUT2D eigenvalue weighted by Gasteiger charge is 2.43. The van der Waals surface area contributed by atoms with Crippen molar-refractivity contribution >= 4 is 30.6 Å². The topological polar surface area (TPSA) is 106 Å². The highest BCUT2D eigenvalue weighted by atomic mass is 16.4. The molecule has 92 valence electrons. The van der Waals surface area contributed by atoms with Crippen LogP contribution in [0.5, 0.6) is 0 Å². The van der Waals surface area contributed by atoms with Crippen LogP contribution in [0.1, 0.15) is 12.8 Å². The van der Waals surface area contributed by atoms with E-state index in [0.717, 1.165) is 0 Å². The molecule has 0 aliphatic heterocycles. The molecule has 0 aromatic heterocycles. The van der Waals surface area contributed by atoms with E-state index in [2.05, 4.69) is 0 Å². The molecule has 4 atom stereocenters. The maximum Gasteiger partial charge on any atom is 0.307 e. The summed E-state index contributed by atoms with van der Waals surface area (Å²) in [5.41, 5.74) is 0. The van der Waals surface area contributed by atoms with Gasteiger partial charge in [0.15, 0.2) is 12.1 Å². The van der Waals surface area contributed by atoms with E-state index in [1.807, 2.05) is 0 Å². The SMILES string of the molecule is O=CC(=O)C1CC(C(=O)O)C(C=O)CC1C=O. The summed E-state index contributed by atoms with van der Waals surface area (Å²) >= 11 is 0. The Labute approximate surface area is 97.0 Å². The molecule has 1 aliphatic carbocycles. The van der Waals surface area contributed by atoms with Crippen LogP contribution < -0.4 is 0 Å². The van der Waals surface area contributed by atoms with Crippen molar-refractivity contribution in [3.63, 3.8) is 0 Å². The maximum atomic E-state index is 11.3. The Morgan fingerprint density at radius 3 is 1.88 bits per heavy atom. The van der Waals surface area contributed by atoms with Gasteiger partial charge in [0, 0.05) is 17.8 Å². The van der Waals surface area contributed by atoms with Crippen LogP contribution in [-0.4, -0.2) is 35.7 Å². The van der Waals surface area contributed by atoms with Crippen LogP contribution in [0.15, 0.2) is 0 Å². The normalized spacial score (nSPS) is 32.5. The van der Waals surface area contributed by atoms with Gasteiger partial charge in [0.25, 0.3) is 0 Å². The fraction of sp³-hybridized carbons (Fsp3) is 0.545. The van der Waals surface area contributed by atoms with Crippen LogP contribution in [0.25, 0.3) is 0 Å². The van der Waals surface area contributed by atoms with Crippen molar-refractivity contribution < 1.29 is 29.1 Å². The molecule has 1 saturated carbocycles. The Kier molecular flexibility index (Phi) is 4.25. The summed E-state index contributed by atoms with van der Waals surface area (Å²) in [5.74, 6) is -5.41. The van der Waals surface area contributed by atoms with E-state index < -0.39 is 35.4 Å². The van der Waals surface area contributed by atoms with Crippen molar-refractivity contribution in [2.24, 2.45) is 23.7 Å². The summed E-state index contributed by atoms with van der Waals surface area (Å²) < 4.78 is 0. The van der Waals surface area contributed by atoms with Gasteiger partial charge in [-0.3, -0.25) is 14.4 Å². The van der Waals surface area contributed by atoms with Crippen LogP contribution in [-0.2, 0) is 24.0 Å². The molecule has 0 aromatic rings. The summed E-state index contributed by atoms with van der Waals surface area (Å²) in [6.07, 6.45) is 0.979. The van der Waals surface area contributed by atoms with Crippen molar-refractivity contribution in [2.75, 3.05) is 0 Å². The first-order valence-corrected chi connectivity index (χ1v) is 5.17. The van der Waals surface area contributed by atoms with Gasteiger partial charge in [-0.1, -0.05) is 0 Å². The molecule has 0 bridgehead atoms. The smallest absolute Gasteiger partial charge is 0.307 e. The number of aliphatic carboxylic acids is 1. The van der Waals surface area contributed by atoms with E-state index in [4.69, 9.17) is 5.11 Å². The van der Waals surface area contributed by atoms with Crippen LogP contribution in [0.4, 0.5) is 0 Å². The summed E-state index contributed by atoms with van der Waals surface area (Å²) in [5, 5.41) is 8.92. The molecule has 1 rings (SSSR count). The molecule has 0 amide bonds. The summed E-state index contributed by atoms with van der Waals surface area (Å²) in [7, 11) is 0. The van der Waals surface area contributed by atoms with Gasteiger partial charge in [0.1, 0.15) is 12.6 Å². The zero-order valence-electron chi connectivity index (χ0n) is 8.94. The van der Waals surface area contributed by atoms with Crippen molar-refractivity contribution in [3.05, 3.63) is 0 Å². The minimum absolute atomic E-state index is 0.00815. The van der Waals surface area contributed by atoms with Crippen molar-refractivity contribution in [3.8, 4) is 0 Å². The number of carbonyl (C=O) groups excluding carboxylic acids is 4. The van der Waals surface area contributed by atoms with Gasteiger partial charge < -0.3 is 14.7 Å². The summed E-state index contributed by atoms with van der Waals surface area (Å²) in [6, 6.07) is 0. The van der Waals surface area contributed by atoms with Crippen LogP contribution in [0, 0.1) is 23.7 Å². The molecule has 1 aliphatic rings. The second-order valence-corrected chi connectivity index (χ2v) is 4.14. The average molecular weight is 240 g/mol. The second-order valence-electron chi connectivity index (χ2n) is 4.14. The van der Waals surface area contributed by atoms with Gasteiger partial charge in [0.05, 0.1) is 5.92 Å². The van der Waals surface area contributed by atoms with Gasteiger partial charge in [-0.2, -0.15) is 0 Å². The molecular weight excluding hydrogens is 228 g/mol. The van der Waals surface area contributed by atoms with Gasteiger partial charge in [-0.25, -0.2) is 0 Å². The first-order chi connectivity index (χ1) is 8.04. The molecule has 6 heteroatoms. The highest BCUT2D eigenvalue weighted by Crippen LogP contribution is 2.36. The van der Waals surface area contributed by atoms with Crippen molar-refractivity contribution in [1.29, 1.82) is 0 Å². The lowest BCUT2D eigenvalue weighted by atomic mass is 9.68. The Balaban J connectivity index is 2.96. The van der Waals surface area contributed by atoms with Crippen molar-refractivity contribution in [1.82, 2.24) is 0 Å². The van der Waals surface area contributed by atoms with E-state index in [-0.39, 0.29) is 19.1 Å². The van der Waals surface area contributed by atoms with Crippen LogP contribution in [0.2, 0.25) is 0 Å². The lowest BCUT2D eigenvalue weighted by Gasteiger charge is -2.33. The molecular formula is C11H12O6. The molecule has 1 fully saturated rings. The van der Waals surface area contributed by atoms with E-state index >= 15 is 0 Å². The molecule has 1 N–H and O–H groups in total. The predicted molar refractivity (Wildman–Crippen MR) is 54.0 cm³/mol. The zero-order valence-corrected chi connectivity index (χ0v) is 8.94. The lowest BCUT2D eigenvalue weighted by Crippen LogP contribution is -2.40. The largest absolute Gasteiger partial charge is 0.481 e. The number of carboxylic acid groups (broad SMARTS) is 1. The van der Waals surface area contributed by atoms with Gasteiger partial charge in [0.2, 0.25) is 0 Å². The Hall–Kier alpha value is -1.85. The predicted octanol–water partition coefficient (Wildman–Crippen LogP) is -0.505. The third kappa shape index (κ3) is 2.64. The summed E-state index contributed by atoms with van der Waals surface area (Å²) in [4.78, 5) is 54.2. The van der Waals surface area contributed by atoms with Gasteiger partial charge in [-0.05, 0) is 12.8 Å². The van der Waals surface area contributed by atoms with Gasteiger partial charge >= 0.3 is 5.97 Å². The number of Topliss-reactive ketones (excluding diaryl/α,β-unsaturated/α-hetero) is 1. The first-order valence-electron chi connectivity index (χ1n) is 5.17. The Bertz CT molecular complexity index is 361. The van der Waals surface area contributed by atoms with Crippen LogP contribution in [0.3, 0.4) is 0 Å². The Morgan fingerprint density at radius 1 is 0.941 bits per heavy atom. The standard InChI is InChI=1S/C11H12O6/c12-3-6-1-7(4-13)9(11(16)17)2-8(6)10(15)5-14/h3-9H,1-2H2,(H,16,17). The number of carbonyl (C=O) groups is 5. The van der Waals surface area contributed by atoms with E-state index in [9.17, 15) is 24.0 Å². The third-order valence-corrected chi connectivity index (χ3v) is 3.23. The van der Waals surface area contributed by atoms with E-state index in [0.29, 0.717) is 12.6 Å². The monoisotopic (exact) mass is 240 g/mol. The quantitative estimate of drug-likeness (QED) is 0.512. The molecule has 0 saturated heterocycles. The first kappa shape index (κ1) is 13.2.